The second kappa shape index (κ2) is 6.01. The molecular weight excluding hydrogens is 281 g/mol. The highest BCUT2D eigenvalue weighted by Gasteiger charge is 2.41. The Morgan fingerprint density at radius 3 is 2.84 bits per heavy atom. The average Bonchev–Trinajstić information content (AvgIpc) is 2.40. The molecule has 3 N–H and O–H groups in total. The van der Waals surface area contributed by atoms with Gasteiger partial charge in [0, 0.05) is 27.6 Å². The second-order valence-corrected chi connectivity index (χ2v) is 6.68. The summed E-state index contributed by atoms with van der Waals surface area (Å²) < 4.78 is 0. The highest BCUT2D eigenvalue weighted by molar-refractivity contribution is 6.33. The number of aliphatic hydroxyl groups is 1. The van der Waals surface area contributed by atoms with Gasteiger partial charge in [-0.2, -0.15) is 0 Å². The van der Waals surface area contributed by atoms with Gasteiger partial charge >= 0.3 is 0 Å². The van der Waals surface area contributed by atoms with Crippen molar-refractivity contribution in [1.82, 2.24) is 0 Å². The minimum atomic E-state index is -0.647. The van der Waals surface area contributed by atoms with Gasteiger partial charge in [0.2, 0.25) is 0 Å². The van der Waals surface area contributed by atoms with Gasteiger partial charge in [-0.25, -0.2) is 0 Å². The number of nitrogens with two attached hydrogens (primary N) is 1. The van der Waals surface area contributed by atoms with E-state index in [0.29, 0.717) is 28.1 Å². The van der Waals surface area contributed by atoms with Crippen molar-refractivity contribution < 1.29 is 5.11 Å². The van der Waals surface area contributed by atoms with E-state index in [1.165, 1.54) is 6.42 Å². The van der Waals surface area contributed by atoms with E-state index < -0.39 is 6.10 Å². The Bertz CT molecular complexity index is 452. The monoisotopic (exact) mass is 301 g/mol. The first-order chi connectivity index (χ1) is 8.98. The molecule has 1 aliphatic carbocycles. The number of benzene rings is 1. The van der Waals surface area contributed by atoms with Crippen LogP contribution in [0.2, 0.25) is 10.0 Å². The van der Waals surface area contributed by atoms with Crippen LogP contribution in [-0.4, -0.2) is 11.7 Å². The molecule has 0 aliphatic heterocycles. The molecule has 2 rings (SSSR count). The molecule has 0 spiro atoms. The average molecular weight is 302 g/mol. The van der Waals surface area contributed by atoms with Crippen LogP contribution in [0.25, 0.3) is 0 Å². The van der Waals surface area contributed by atoms with Crippen LogP contribution in [0, 0.1) is 11.3 Å². The molecule has 106 valence electrons. The fourth-order valence-electron chi connectivity index (χ4n) is 3.30. The maximum atomic E-state index is 10.8. The lowest BCUT2D eigenvalue weighted by molar-refractivity contribution is -0.0130. The van der Waals surface area contributed by atoms with Gasteiger partial charge in [-0.3, -0.25) is 0 Å². The number of hydrogen-bond acceptors (Lipinski definition) is 2. The Balaban J connectivity index is 2.34. The molecule has 1 aliphatic rings. The van der Waals surface area contributed by atoms with Crippen molar-refractivity contribution >= 4 is 23.2 Å². The Morgan fingerprint density at radius 2 is 2.21 bits per heavy atom. The molecule has 3 unspecified atom stereocenters. The van der Waals surface area contributed by atoms with Crippen LogP contribution in [0.4, 0.5) is 0 Å². The summed E-state index contributed by atoms with van der Waals surface area (Å²) in [5, 5.41) is 11.9. The first kappa shape index (κ1) is 15.1. The molecule has 1 fully saturated rings. The van der Waals surface area contributed by atoms with Crippen LogP contribution >= 0.6 is 23.2 Å². The molecule has 1 saturated carbocycles. The molecule has 4 heteroatoms. The third-order valence-corrected chi connectivity index (χ3v) is 4.95. The number of rotatable bonds is 3. The van der Waals surface area contributed by atoms with E-state index in [0.717, 1.165) is 19.3 Å². The predicted octanol–water partition coefficient (Wildman–Crippen LogP) is 4.18. The van der Waals surface area contributed by atoms with E-state index >= 15 is 0 Å². The maximum Gasteiger partial charge on any atom is 0.0873 e. The van der Waals surface area contributed by atoms with Gasteiger partial charge in [-0.05, 0) is 37.0 Å². The van der Waals surface area contributed by atoms with E-state index in [9.17, 15) is 5.11 Å². The molecule has 0 heterocycles. The summed E-state index contributed by atoms with van der Waals surface area (Å²) >= 11 is 12.2. The largest absolute Gasteiger partial charge is 0.388 e. The van der Waals surface area contributed by atoms with Crippen molar-refractivity contribution in [2.45, 2.75) is 38.7 Å². The van der Waals surface area contributed by atoms with E-state index in [-0.39, 0.29) is 5.41 Å². The van der Waals surface area contributed by atoms with E-state index in [4.69, 9.17) is 28.9 Å². The standard InChI is InChI=1S/C15H21Cl2NO/c1-10-3-2-6-15(8-10,9-18)14(19)12-7-11(16)4-5-13(12)17/h4-5,7,10,14,19H,2-3,6,8-9,18H2,1H3. The lowest BCUT2D eigenvalue weighted by atomic mass is 9.65. The van der Waals surface area contributed by atoms with Crippen LogP contribution in [-0.2, 0) is 0 Å². The van der Waals surface area contributed by atoms with E-state index in [1.807, 2.05) is 0 Å². The molecule has 0 amide bonds. The van der Waals surface area contributed by atoms with E-state index in [1.54, 1.807) is 18.2 Å². The minimum Gasteiger partial charge on any atom is -0.388 e. The third kappa shape index (κ3) is 3.08. The Hall–Kier alpha value is -0.280. The van der Waals surface area contributed by atoms with Crippen LogP contribution in [0.3, 0.4) is 0 Å². The zero-order chi connectivity index (χ0) is 14.0. The lowest BCUT2D eigenvalue weighted by Gasteiger charge is -2.43. The maximum absolute atomic E-state index is 10.8. The quantitative estimate of drug-likeness (QED) is 0.879. The molecule has 1 aromatic rings. The molecule has 19 heavy (non-hydrogen) atoms. The molecule has 0 bridgehead atoms. The van der Waals surface area contributed by atoms with Crippen LogP contribution in [0.1, 0.15) is 44.3 Å². The van der Waals surface area contributed by atoms with Gasteiger partial charge in [0.25, 0.3) is 0 Å². The van der Waals surface area contributed by atoms with Crippen LogP contribution < -0.4 is 5.73 Å². The fourth-order valence-corrected chi connectivity index (χ4v) is 3.70. The van der Waals surface area contributed by atoms with Gasteiger partial charge in [0.15, 0.2) is 0 Å². The van der Waals surface area contributed by atoms with Crippen LogP contribution in [0.5, 0.6) is 0 Å². The van der Waals surface area contributed by atoms with E-state index in [2.05, 4.69) is 6.92 Å². The number of halogens is 2. The Morgan fingerprint density at radius 1 is 1.47 bits per heavy atom. The van der Waals surface area contributed by atoms with Crippen molar-refractivity contribution in [3.8, 4) is 0 Å². The first-order valence-electron chi connectivity index (χ1n) is 6.81. The van der Waals surface area contributed by atoms with Gasteiger partial charge < -0.3 is 10.8 Å². The SMILES string of the molecule is CC1CCCC(CN)(C(O)c2cc(Cl)ccc2Cl)C1. The molecule has 0 radical (unpaired) electrons. The summed E-state index contributed by atoms with van der Waals surface area (Å²) in [6, 6.07) is 5.23. The van der Waals surface area contributed by atoms with Gasteiger partial charge in [-0.1, -0.05) is 43.0 Å². The highest BCUT2D eigenvalue weighted by atomic mass is 35.5. The molecule has 2 nitrogen and oxygen atoms in total. The fraction of sp³-hybridized carbons (Fsp3) is 0.600. The smallest absolute Gasteiger partial charge is 0.0873 e. The summed E-state index contributed by atoms with van der Waals surface area (Å²) in [7, 11) is 0. The van der Waals surface area contributed by atoms with Gasteiger partial charge in [0.05, 0.1) is 6.10 Å². The minimum absolute atomic E-state index is 0.272. The summed E-state index contributed by atoms with van der Waals surface area (Å²) in [5.41, 5.74) is 6.42. The first-order valence-corrected chi connectivity index (χ1v) is 7.57. The normalized spacial score (nSPS) is 29.2. The molecule has 0 saturated heterocycles. The third-order valence-electron chi connectivity index (χ3n) is 4.37. The number of hydrogen-bond donors (Lipinski definition) is 2. The van der Waals surface area contributed by atoms with Gasteiger partial charge in [-0.15, -0.1) is 0 Å². The zero-order valence-corrected chi connectivity index (χ0v) is 12.7. The molecule has 0 aromatic heterocycles. The Labute approximate surface area is 124 Å². The summed E-state index contributed by atoms with van der Waals surface area (Å²) in [4.78, 5) is 0. The topological polar surface area (TPSA) is 46.2 Å². The number of aliphatic hydroxyl groups excluding tert-OH is 1. The van der Waals surface area contributed by atoms with Crippen LogP contribution in [0.15, 0.2) is 18.2 Å². The summed E-state index contributed by atoms with van der Waals surface area (Å²) in [6.45, 7) is 2.69. The summed E-state index contributed by atoms with van der Waals surface area (Å²) in [6.07, 6.45) is 3.54. The molecule has 3 atom stereocenters. The van der Waals surface area contributed by atoms with Crippen molar-refractivity contribution in [3.63, 3.8) is 0 Å². The second-order valence-electron chi connectivity index (χ2n) is 5.84. The van der Waals surface area contributed by atoms with Crippen molar-refractivity contribution in [2.24, 2.45) is 17.1 Å². The molecule has 1 aromatic carbocycles. The highest BCUT2D eigenvalue weighted by Crippen LogP contribution is 2.48. The van der Waals surface area contributed by atoms with Gasteiger partial charge in [0.1, 0.15) is 0 Å². The zero-order valence-electron chi connectivity index (χ0n) is 11.2. The Kier molecular flexibility index (Phi) is 4.78. The molecular formula is C15H21Cl2NO. The summed E-state index contributed by atoms with van der Waals surface area (Å²) in [5.74, 6) is 0.588. The van der Waals surface area contributed by atoms with Crippen molar-refractivity contribution in [2.75, 3.05) is 6.54 Å². The lowest BCUT2D eigenvalue weighted by Crippen LogP contribution is -2.40. The van der Waals surface area contributed by atoms with Crippen molar-refractivity contribution in [3.05, 3.63) is 33.8 Å². The van der Waals surface area contributed by atoms with Crippen molar-refractivity contribution in [1.29, 1.82) is 0 Å². The predicted molar refractivity (Wildman–Crippen MR) is 80.5 cm³/mol.